The van der Waals surface area contributed by atoms with Crippen LogP contribution in [-0.2, 0) is 16.7 Å². The van der Waals surface area contributed by atoms with E-state index >= 15 is 0 Å². The number of benzene rings is 6. The van der Waals surface area contributed by atoms with Crippen molar-refractivity contribution in [2.45, 2.75) is 11.5 Å². The van der Waals surface area contributed by atoms with Gasteiger partial charge in [0.25, 0.3) is 15.8 Å². The Bertz CT molecular complexity index is 2510. The summed E-state index contributed by atoms with van der Waals surface area (Å²) in [5.41, 5.74) is 3.05. The highest BCUT2D eigenvalue weighted by atomic mass is 32.2. The number of aromatic hydroxyl groups is 2. The number of aliphatic hydroxyl groups excluding tert-OH is 1. The number of azo groups is 2. The molecule has 6 rings (SSSR count). The van der Waals surface area contributed by atoms with Crippen LogP contribution in [0.4, 0.5) is 39.8 Å². The smallest absolute Gasteiger partial charge is 0.295 e. The first-order chi connectivity index (χ1) is 25.0. The second-order valence-corrected chi connectivity index (χ2v) is 12.7. The van der Waals surface area contributed by atoms with E-state index in [9.17, 15) is 38.4 Å². The summed E-state index contributed by atoms with van der Waals surface area (Å²) in [7, 11) is -4.72. The number of non-ortho nitro benzene ring substituents is 1. The van der Waals surface area contributed by atoms with Crippen LogP contribution in [0.2, 0.25) is 0 Å². The Morgan fingerprint density at radius 2 is 1.46 bits per heavy atom. The predicted molar refractivity (Wildman–Crippen MR) is 196 cm³/mol. The lowest BCUT2D eigenvalue weighted by molar-refractivity contribution is -0.385. The molecule has 15 heteroatoms. The number of para-hydroxylation sites is 1. The molecule has 0 spiro atoms. The van der Waals surface area contributed by atoms with Gasteiger partial charge in [0, 0.05) is 40.5 Å². The van der Waals surface area contributed by atoms with Crippen LogP contribution in [0.15, 0.2) is 141 Å². The number of nitrogens with zero attached hydrogens (tertiary/aromatic N) is 5. The number of rotatable bonds is 11. The van der Waals surface area contributed by atoms with E-state index in [-0.39, 0.29) is 34.1 Å². The largest absolute Gasteiger partial charge is 0.506 e. The van der Waals surface area contributed by atoms with Gasteiger partial charge in [0.05, 0.1) is 22.9 Å². The number of aliphatic hydroxyl groups is 1. The maximum absolute atomic E-state index is 11.8. The lowest BCUT2D eigenvalue weighted by Crippen LogP contribution is -2.02. The Morgan fingerprint density at radius 1 is 0.731 bits per heavy atom. The normalized spacial score (nSPS) is 12.0. The van der Waals surface area contributed by atoms with Crippen molar-refractivity contribution in [3.8, 4) is 11.5 Å². The molecule has 0 aromatic heterocycles. The molecule has 0 unspecified atom stereocenters. The minimum atomic E-state index is -4.72. The molecule has 52 heavy (non-hydrogen) atoms. The maximum atomic E-state index is 11.8. The quantitative estimate of drug-likeness (QED) is 0.0283. The van der Waals surface area contributed by atoms with Gasteiger partial charge < -0.3 is 20.6 Å². The number of fused-ring (bicyclic) bond motifs is 1. The second-order valence-electron chi connectivity index (χ2n) is 11.3. The molecule has 0 bridgehead atoms. The third-order valence-corrected chi connectivity index (χ3v) is 8.66. The minimum absolute atomic E-state index is 0.0335. The standard InChI is InChI=1S/C37H28N6O8S/c44-22-26-19-34(42-40-32-17-11-25-18-29(14-16-31(25)37(32)46)38-27-4-2-1-3-5-27)35(45)21-33(26)41-39-28-12-7-23(8-13-28)6-9-24-10-15-30(43(47)48)20-36(24)52(49,50)51/h1-21,38,44-46H,22H2,(H,49,50,51). The lowest BCUT2D eigenvalue weighted by atomic mass is 10.1. The zero-order valence-corrected chi connectivity index (χ0v) is 27.7. The summed E-state index contributed by atoms with van der Waals surface area (Å²) in [6.45, 7) is -0.449. The highest BCUT2D eigenvalue weighted by molar-refractivity contribution is 7.86. The summed E-state index contributed by atoms with van der Waals surface area (Å²) >= 11 is 0. The molecule has 0 amide bonds. The van der Waals surface area contributed by atoms with E-state index in [1.54, 1.807) is 48.5 Å². The number of nitro benzene ring substituents is 1. The van der Waals surface area contributed by atoms with Crippen molar-refractivity contribution in [3.63, 3.8) is 0 Å². The van der Waals surface area contributed by atoms with Crippen molar-refractivity contribution in [2.24, 2.45) is 20.5 Å². The van der Waals surface area contributed by atoms with E-state index in [0.717, 1.165) is 28.9 Å². The number of phenols is 2. The molecule has 5 N–H and O–H groups in total. The van der Waals surface area contributed by atoms with Crippen molar-refractivity contribution < 1.29 is 33.2 Å². The summed E-state index contributed by atoms with van der Waals surface area (Å²) in [6, 6.07) is 30.9. The zero-order chi connectivity index (χ0) is 36.8. The van der Waals surface area contributed by atoms with Gasteiger partial charge in [-0.2, -0.15) is 18.6 Å². The molecule has 0 atom stereocenters. The molecule has 260 valence electrons. The molecule has 0 saturated carbocycles. The van der Waals surface area contributed by atoms with E-state index in [0.29, 0.717) is 22.2 Å². The van der Waals surface area contributed by atoms with Gasteiger partial charge in [-0.3, -0.25) is 14.7 Å². The SMILES string of the molecule is O=[N+]([O-])c1ccc(C=Cc2ccc(N=Nc3cc(O)c(N=Nc4ccc5cc(Nc6ccccc6)ccc5c4O)cc3CO)cc2)c(S(=O)(=O)O)c1. The lowest BCUT2D eigenvalue weighted by Gasteiger charge is -2.09. The monoisotopic (exact) mass is 716 g/mol. The third-order valence-electron chi connectivity index (χ3n) is 7.75. The molecule has 0 aliphatic carbocycles. The Kier molecular flexibility index (Phi) is 10.1. The van der Waals surface area contributed by atoms with E-state index in [1.807, 2.05) is 42.5 Å². The number of nitrogens with one attached hydrogen (secondary N) is 1. The molecule has 6 aromatic rings. The number of anilines is 2. The fourth-order valence-electron chi connectivity index (χ4n) is 5.11. The van der Waals surface area contributed by atoms with Crippen molar-refractivity contribution in [2.75, 3.05) is 5.32 Å². The van der Waals surface area contributed by atoms with Crippen molar-refractivity contribution >= 4 is 72.9 Å². The topological polar surface area (TPSA) is 220 Å². The summed E-state index contributed by atoms with van der Waals surface area (Å²) in [5, 5.41) is 63.8. The zero-order valence-electron chi connectivity index (χ0n) is 26.9. The van der Waals surface area contributed by atoms with E-state index in [2.05, 4.69) is 25.8 Å². The molecule has 0 fully saturated rings. The minimum Gasteiger partial charge on any atom is -0.506 e. The van der Waals surface area contributed by atoms with Crippen LogP contribution < -0.4 is 5.32 Å². The van der Waals surface area contributed by atoms with Crippen LogP contribution >= 0.6 is 0 Å². The summed E-state index contributed by atoms with van der Waals surface area (Å²) in [5.74, 6) is -0.377. The molecule has 0 aliphatic rings. The number of phenolic OH excluding ortho intramolecular Hbond substituents is 2. The van der Waals surface area contributed by atoms with Crippen LogP contribution in [-0.4, -0.2) is 33.2 Å². The number of hydrogen-bond acceptors (Lipinski definition) is 12. The van der Waals surface area contributed by atoms with E-state index in [4.69, 9.17) is 0 Å². The van der Waals surface area contributed by atoms with Gasteiger partial charge in [-0.15, -0.1) is 10.2 Å². The first kappa shape index (κ1) is 35.0. The van der Waals surface area contributed by atoms with Gasteiger partial charge in [0.15, 0.2) is 5.75 Å². The van der Waals surface area contributed by atoms with Crippen molar-refractivity contribution in [1.29, 1.82) is 0 Å². The Labute approximate surface area is 296 Å². The molecule has 0 radical (unpaired) electrons. The van der Waals surface area contributed by atoms with Crippen LogP contribution in [0.5, 0.6) is 11.5 Å². The van der Waals surface area contributed by atoms with Gasteiger partial charge >= 0.3 is 0 Å². The molecular weight excluding hydrogens is 689 g/mol. The molecule has 0 aliphatic heterocycles. The van der Waals surface area contributed by atoms with Gasteiger partial charge in [-0.05, 0) is 77.2 Å². The summed E-state index contributed by atoms with van der Waals surface area (Å²) < 4.78 is 33.1. The first-order valence-corrected chi connectivity index (χ1v) is 16.8. The van der Waals surface area contributed by atoms with Crippen LogP contribution in [0.25, 0.3) is 22.9 Å². The highest BCUT2D eigenvalue weighted by Gasteiger charge is 2.19. The fourth-order valence-corrected chi connectivity index (χ4v) is 5.82. The molecule has 0 saturated heterocycles. The molecule has 6 aromatic carbocycles. The maximum Gasteiger partial charge on any atom is 0.295 e. The van der Waals surface area contributed by atoms with Gasteiger partial charge in [0.1, 0.15) is 22.0 Å². The first-order valence-electron chi connectivity index (χ1n) is 15.4. The average Bonchev–Trinajstić information content (AvgIpc) is 3.13. The summed E-state index contributed by atoms with van der Waals surface area (Å²) in [4.78, 5) is 9.66. The van der Waals surface area contributed by atoms with Crippen LogP contribution in [0.1, 0.15) is 16.7 Å². The highest BCUT2D eigenvalue weighted by Crippen LogP contribution is 2.40. The Balaban J connectivity index is 1.16. The molecule has 0 heterocycles. The van der Waals surface area contributed by atoms with Crippen molar-refractivity contribution in [3.05, 3.63) is 142 Å². The van der Waals surface area contributed by atoms with Crippen LogP contribution in [0, 0.1) is 10.1 Å². The van der Waals surface area contributed by atoms with Gasteiger partial charge in [0.2, 0.25) is 0 Å². The molecule has 14 nitrogen and oxygen atoms in total. The van der Waals surface area contributed by atoms with Crippen molar-refractivity contribution in [1.82, 2.24) is 0 Å². The number of hydrogen-bond donors (Lipinski definition) is 5. The van der Waals surface area contributed by atoms with E-state index in [1.165, 1.54) is 24.3 Å². The van der Waals surface area contributed by atoms with Crippen LogP contribution in [0.3, 0.4) is 0 Å². The predicted octanol–water partition coefficient (Wildman–Crippen LogP) is 9.64. The van der Waals surface area contributed by atoms with Gasteiger partial charge in [-0.1, -0.05) is 48.6 Å². The van der Waals surface area contributed by atoms with E-state index < -0.39 is 32.2 Å². The summed E-state index contributed by atoms with van der Waals surface area (Å²) in [6.07, 6.45) is 2.93. The van der Waals surface area contributed by atoms with Gasteiger partial charge in [-0.25, -0.2) is 0 Å². The fraction of sp³-hybridized carbons (Fsp3) is 0.0270. The third kappa shape index (κ3) is 8.14. The Hall–Kier alpha value is -6.81. The average molecular weight is 717 g/mol. The molecular formula is C37H28N6O8S. The Morgan fingerprint density at radius 3 is 2.17 bits per heavy atom. The second kappa shape index (κ2) is 15.0. The number of nitro groups is 1.